The number of carbonyl (C=O) groups is 3. The Morgan fingerprint density at radius 1 is 1.11 bits per heavy atom. The van der Waals surface area contributed by atoms with Crippen molar-refractivity contribution in [2.24, 2.45) is 0 Å². The van der Waals surface area contributed by atoms with E-state index >= 15 is 0 Å². The Bertz CT molecular complexity index is 448. The minimum Gasteiger partial charge on any atom is -0.359 e. The van der Waals surface area contributed by atoms with E-state index in [-0.39, 0.29) is 6.54 Å². The van der Waals surface area contributed by atoms with Gasteiger partial charge in [-0.1, -0.05) is 0 Å². The number of nitrogens with one attached hydrogen (secondary N) is 3. The lowest BCUT2D eigenvalue weighted by atomic mass is 10.3. The van der Waals surface area contributed by atoms with Crippen LogP contribution < -0.4 is 16.0 Å². The van der Waals surface area contributed by atoms with Gasteiger partial charge < -0.3 is 16.0 Å². The lowest BCUT2D eigenvalue weighted by Gasteiger charge is -2.06. The lowest BCUT2D eigenvalue weighted by molar-refractivity contribution is -0.136. The van der Waals surface area contributed by atoms with Crippen LogP contribution in [-0.2, 0) is 14.4 Å². The van der Waals surface area contributed by atoms with Gasteiger partial charge in [0.25, 0.3) is 0 Å². The Labute approximate surface area is 109 Å². The van der Waals surface area contributed by atoms with E-state index in [0.717, 1.165) is 0 Å². The maximum Gasteiger partial charge on any atom is 0.313 e. The van der Waals surface area contributed by atoms with Gasteiger partial charge in [0.05, 0.1) is 0 Å². The number of benzene rings is 1. The molecule has 0 saturated carbocycles. The maximum absolute atomic E-state index is 12.6. The highest BCUT2D eigenvalue weighted by Crippen LogP contribution is 2.07. The molecule has 0 fully saturated rings. The zero-order valence-electron chi connectivity index (χ0n) is 10.1. The van der Waals surface area contributed by atoms with Crippen LogP contribution in [0.5, 0.6) is 0 Å². The van der Waals surface area contributed by atoms with Crippen molar-refractivity contribution in [3.8, 4) is 0 Å². The van der Waals surface area contributed by atoms with Gasteiger partial charge in [-0.2, -0.15) is 0 Å². The van der Waals surface area contributed by atoms with Gasteiger partial charge in [0, 0.05) is 18.8 Å². The Morgan fingerprint density at radius 3 is 2.42 bits per heavy atom. The zero-order chi connectivity index (χ0) is 14.1. The third-order valence-corrected chi connectivity index (χ3v) is 2.18. The van der Waals surface area contributed by atoms with E-state index in [4.69, 9.17) is 0 Å². The van der Waals surface area contributed by atoms with Crippen LogP contribution in [-0.4, -0.2) is 31.3 Å². The molecule has 0 unspecified atom stereocenters. The average Bonchev–Trinajstić information content (AvgIpc) is 2.41. The molecule has 1 aromatic rings. The summed E-state index contributed by atoms with van der Waals surface area (Å²) in [7, 11) is 0. The van der Waals surface area contributed by atoms with Gasteiger partial charge in [-0.15, -0.1) is 0 Å². The van der Waals surface area contributed by atoms with Crippen molar-refractivity contribution in [2.75, 3.05) is 18.4 Å². The molecular weight excluding hydrogens is 253 g/mol. The largest absolute Gasteiger partial charge is 0.359 e. The summed E-state index contributed by atoms with van der Waals surface area (Å²) in [6, 6.07) is 5.07. The van der Waals surface area contributed by atoms with Gasteiger partial charge in [-0.25, -0.2) is 4.39 Å². The van der Waals surface area contributed by atoms with Crippen molar-refractivity contribution < 1.29 is 18.8 Å². The summed E-state index contributed by atoms with van der Waals surface area (Å²) in [6.07, 6.45) is 1.08. The molecule has 0 atom stereocenters. The normalized spacial score (nSPS) is 9.53. The Balaban J connectivity index is 2.30. The van der Waals surface area contributed by atoms with Gasteiger partial charge in [0.15, 0.2) is 0 Å². The van der Waals surface area contributed by atoms with Crippen LogP contribution in [0.3, 0.4) is 0 Å². The molecule has 7 heteroatoms. The molecule has 0 bridgehead atoms. The molecule has 0 aliphatic rings. The summed E-state index contributed by atoms with van der Waals surface area (Å²) in [5.41, 5.74) is 0.337. The van der Waals surface area contributed by atoms with Crippen molar-refractivity contribution in [1.29, 1.82) is 0 Å². The van der Waals surface area contributed by atoms with Crippen LogP contribution in [0.25, 0.3) is 0 Å². The lowest BCUT2D eigenvalue weighted by Crippen LogP contribution is -2.36. The van der Waals surface area contributed by atoms with Gasteiger partial charge in [-0.3, -0.25) is 14.4 Å². The molecular formula is C12H14FN3O3. The molecule has 0 aliphatic carbocycles. The summed E-state index contributed by atoms with van der Waals surface area (Å²) in [6.45, 7) is 0.694. The fourth-order valence-corrected chi connectivity index (χ4v) is 1.25. The molecule has 6 nitrogen and oxygen atoms in total. The number of rotatable bonds is 6. The van der Waals surface area contributed by atoms with Crippen LogP contribution >= 0.6 is 0 Å². The zero-order valence-corrected chi connectivity index (χ0v) is 10.1. The number of amides is 3. The maximum atomic E-state index is 12.6. The molecule has 0 radical (unpaired) electrons. The standard InChI is InChI=1S/C12H14FN3O3/c13-9-2-4-10(5-3-9)16-12(19)11(18)15-7-1-6-14-8-17/h2-5,8H,1,6-7H2,(H,14,17)(H,15,18)(H,16,19). The summed E-state index contributed by atoms with van der Waals surface area (Å²) < 4.78 is 12.6. The first-order valence-corrected chi connectivity index (χ1v) is 5.65. The van der Waals surface area contributed by atoms with E-state index in [0.29, 0.717) is 25.1 Å². The highest BCUT2D eigenvalue weighted by atomic mass is 19.1. The van der Waals surface area contributed by atoms with E-state index < -0.39 is 17.6 Å². The molecule has 0 saturated heterocycles. The second kappa shape index (κ2) is 7.80. The van der Waals surface area contributed by atoms with Crippen LogP contribution in [0.1, 0.15) is 6.42 Å². The fourth-order valence-electron chi connectivity index (χ4n) is 1.25. The van der Waals surface area contributed by atoms with Crippen molar-refractivity contribution >= 4 is 23.9 Å². The molecule has 1 rings (SSSR count). The topological polar surface area (TPSA) is 87.3 Å². The number of carbonyl (C=O) groups excluding carboxylic acids is 3. The molecule has 3 N–H and O–H groups in total. The van der Waals surface area contributed by atoms with Crippen molar-refractivity contribution in [3.63, 3.8) is 0 Å². The predicted molar refractivity (Wildman–Crippen MR) is 66.7 cm³/mol. The Morgan fingerprint density at radius 2 is 1.79 bits per heavy atom. The molecule has 102 valence electrons. The highest BCUT2D eigenvalue weighted by Gasteiger charge is 2.12. The van der Waals surface area contributed by atoms with Crippen molar-refractivity contribution in [3.05, 3.63) is 30.1 Å². The van der Waals surface area contributed by atoms with E-state index in [1.807, 2.05) is 0 Å². The third kappa shape index (κ3) is 5.62. The van der Waals surface area contributed by atoms with Crippen LogP contribution in [0.4, 0.5) is 10.1 Å². The van der Waals surface area contributed by atoms with Crippen molar-refractivity contribution in [2.45, 2.75) is 6.42 Å². The predicted octanol–water partition coefficient (Wildman–Crippen LogP) is 0.0165. The van der Waals surface area contributed by atoms with E-state index in [1.165, 1.54) is 24.3 Å². The first-order chi connectivity index (χ1) is 9.13. The molecule has 19 heavy (non-hydrogen) atoms. The van der Waals surface area contributed by atoms with E-state index in [1.54, 1.807) is 0 Å². The third-order valence-electron chi connectivity index (χ3n) is 2.18. The second-order valence-corrected chi connectivity index (χ2v) is 3.64. The summed E-state index contributed by atoms with van der Waals surface area (Å²) in [4.78, 5) is 32.7. The minimum atomic E-state index is -0.824. The fraction of sp³-hybridized carbons (Fsp3) is 0.250. The first-order valence-electron chi connectivity index (χ1n) is 5.65. The quantitative estimate of drug-likeness (QED) is 0.385. The Kier molecular flexibility index (Phi) is 6.00. The van der Waals surface area contributed by atoms with E-state index in [2.05, 4.69) is 16.0 Å². The molecule has 0 spiro atoms. The number of anilines is 1. The minimum absolute atomic E-state index is 0.274. The monoisotopic (exact) mass is 267 g/mol. The molecule has 0 heterocycles. The van der Waals surface area contributed by atoms with Crippen LogP contribution in [0.2, 0.25) is 0 Å². The van der Waals surface area contributed by atoms with Crippen molar-refractivity contribution in [1.82, 2.24) is 10.6 Å². The van der Waals surface area contributed by atoms with Gasteiger partial charge in [0.1, 0.15) is 5.82 Å². The average molecular weight is 267 g/mol. The van der Waals surface area contributed by atoms with Gasteiger partial charge in [0.2, 0.25) is 6.41 Å². The number of hydrogen-bond donors (Lipinski definition) is 3. The van der Waals surface area contributed by atoms with Crippen LogP contribution in [0.15, 0.2) is 24.3 Å². The van der Waals surface area contributed by atoms with Gasteiger partial charge in [-0.05, 0) is 30.7 Å². The SMILES string of the molecule is O=CNCCCNC(=O)C(=O)Nc1ccc(F)cc1. The number of hydrogen-bond acceptors (Lipinski definition) is 3. The second-order valence-electron chi connectivity index (χ2n) is 3.64. The molecule has 0 aliphatic heterocycles. The smallest absolute Gasteiger partial charge is 0.313 e. The molecule has 3 amide bonds. The highest BCUT2D eigenvalue weighted by molar-refractivity contribution is 6.39. The summed E-state index contributed by atoms with van der Waals surface area (Å²) in [5.74, 6) is -2.03. The number of halogens is 1. The molecule has 1 aromatic carbocycles. The van der Waals surface area contributed by atoms with Gasteiger partial charge >= 0.3 is 11.8 Å². The Hall–Kier alpha value is -2.44. The van der Waals surface area contributed by atoms with E-state index in [9.17, 15) is 18.8 Å². The first kappa shape index (κ1) is 14.6. The van der Waals surface area contributed by atoms with Crippen LogP contribution in [0, 0.1) is 5.82 Å². The molecule has 0 aromatic heterocycles. The summed E-state index contributed by atoms with van der Waals surface area (Å²) in [5, 5.41) is 7.15. The summed E-state index contributed by atoms with van der Waals surface area (Å²) >= 11 is 0.